The first kappa shape index (κ1) is 13.2. The van der Waals surface area contributed by atoms with E-state index in [-0.39, 0.29) is 0 Å². The molecule has 0 spiro atoms. The number of ether oxygens (including phenoxy) is 2. The summed E-state index contributed by atoms with van der Waals surface area (Å²) < 4.78 is 10.7. The van der Waals surface area contributed by atoms with Crippen LogP contribution in [0.15, 0.2) is 54.6 Å². The Labute approximate surface area is 114 Å². The number of hydrogen-bond donors (Lipinski definition) is 0. The van der Waals surface area contributed by atoms with Gasteiger partial charge < -0.3 is 9.47 Å². The van der Waals surface area contributed by atoms with E-state index in [0.717, 1.165) is 28.2 Å². The Hall–Kier alpha value is -2.22. The minimum absolute atomic E-state index is 0.844. The van der Waals surface area contributed by atoms with Crippen molar-refractivity contribution in [3.8, 4) is 5.75 Å². The monoisotopic (exact) mass is 254 g/mol. The van der Waals surface area contributed by atoms with Gasteiger partial charge in [-0.2, -0.15) is 0 Å². The molecule has 2 nitrogen and oxygen atoms in total. The van der Waals surface area contributed by atoms with Crippen molar-refractivity contribution in [2.24, 2.45) is 0 Å². The lowest BCUT2D eigenvalue weighted by atomic mass is 10.0. The van der Waals surface area contributed by atoms with E-state index in [0.29, 0.717) is 0 Å². The average molecular weight is 254 g/mol. The molecule has 0 heterocycles. The van der Waals surface area contributed by atoms with E-state index in [1.54, 1.807) is 14.2 Å². The molecule has 0 N–H and O–H groups in total. The van der Waals surface area contributed by atoms with Crippen molar-refractivity contribution in [1.29, 1.82) is 0 Å². The van der Waals surface area contributed by atoms with Crippen LogP contribution in [-0.2, 0) is 4.74 Å². The molecule has 0 aromatic heterocycles. The summed E-state index contributed by atoms with van der Waals surface area (Å²) >= 11 is 0. The molecule has 0 fully saturated rings. The summed E-state index contributed by atoms with van der Waals surface area (Å²) in [6.07, 6.45) is 0. The highest BCUT2D eigenvalue weighted by molar-refractivity contribution is 5.86. The molecular formula is C17H18O2. The van der Waals surface area contributed by atoms with Gasteiger partial charge in [0.2, 0.25) is 0 Å². The molecular weight excluding hydrogens is 236 g/mol. The van der Waals surface area contributed by atoms with Gasteiger partial charge in [-0.25, -0.2) is 0 Å². The molecule has 2 aromatic rings. The van der Waals surface area contributed by atoms with E-state index >= 15 is 0 Å². The lowest BCUT2D eigenvalue weighted by Gasteiger charge is -2.12. The topological polar surface area (TPSA) is 18.5 Å². The van der Waals surface area contributed by atoms with Crippen LogP contribution < -0.4 is 4.74 Å². The highest BCUT2D eigenvalue weighted by atomic mass is 16.5. The van der Waals surface area contributed by atoms with Gasteiger partial charge in [0.15, 0.2) is 0 Å². The molecule has 98 valence electrons. The van der Waals surface area contributed by atoms with E-state index in [1.165, 1.54) is 0 Å². The first-order valence-corrected chi connectivity index (χ1v) is 6.21. The van der Waals surface area contributed by atoms with Gasteiger partial charge in [-0.05, 0) is 42.3 Å². The van der Waals surface area contributed by atoms with Crippen molar-refractivity contribution in [2.45, 2.75) is 6.92 Å². The third kappa shape index (κ3) is 2.97. The third-order valence-electron chi connectivity index (χ3n) is 3.10. The van der Waals surface area contributed by atoms with E-state index in [4.69, 9.17) is 9.47 Å². The summed E-state index contributed by atoms with van der Waals surface area (Å²) in [5, 5.41) is 0. The standard InChI is InChI=1S/C17H18O2/c1-13(14-7-5-4-6-8-14)17(19-3)15-9-11-16(18-2)12-10-15/h4-12H,1-3H3/b17-13+. The molecule has 0 aliphatic carbocycles. The second-order valence-electron chi connectivity index (χ2n) is 4.25. The van der Waals surface area contributed by atoms with Crippen LogP contribution in [-0.4, -0.2) is 14.2 Å². The molecule has 0 aliphatic rings. The van der Waals surface area contributed by atoms with Gasteiger partial charge >= 0.3 is 0 Å². The van der Waals surface area contributed by atoms with E-state index in [2.05, 4.69) is 19.1 Å². The molecule has 19 heavy (non-hydrogen) atoms. The summed E-state index contributed by atoms with van der Waals surface area (Å²) in [6, 6.07) is 18.1. The van der Waals surface area contributed by atoms with Gasteiger partial charge in [0.1, 0.15) is 11.5 Å². The zero-order valence-corrected chi connectivity index (χ0v) is 11.5. The molecule has 2 rings (SSSR count). The average Bonchev–Trinajstić information content (AvgIpc) is 2.49. The lowest BCUT2D eigenvalue weighted by Crippen LogP contribution is -1.93. The lowest BCUT2D eigenvalue weighted by molar-refractivity contribution is 0.371. The molecule has 0 atom stereocenters. The zero-order valence-electron chi connectivity index (χ0n) is 11.5. The van der Waals surface area contributed by atoms with Gasteiger partial charge in [-0.3, -0.25) is 0 Å². The fourth-order valence-corrected chi connectivity index (χ4v) is 2.05. The zero-order chi connectivity index (χ0) is 13.7. The van der Waals surface area contributed by atoms with Crippen LogP contribution in [0.5, 0.6) is 5.75 Å². The Kier molecular flexibility index (Phi) is 4.24. The van der Waals surface area contributed by atoms with Crippen LogP contribution >= 0.6 is 0 Å². The minimum atomic E-state index is 0.844. The van der Waals surface area contributed by atoms with Gasteiger partial charge in [-0.15, -0.1) is 0 Å². The normalized spacial score (nSPS) is 11.7. The van der Waals surface area contributed by atoms with Crippen molar-refractivity contribution in [3.63, 3.8) is 0 Å². The summed E-state index contributed by atoms with van der Waals surface area (Å²) in [7, 11) is 3.36. The number of benzene rings is 2. The number of methoxy groups -OCH3 is 2. The van der Waals surface area contributed by atoms with Gasteiger partial charge in [-0.1, -0.05) is 30.3 Å². The van der Waals surface area contributed by atoms with Crippen LogP contribution in [0.3, 0.4) is 0 Å². The van der Waals surface area contributed by atoms with Crippen LogP contribution in [0.4, 0.5) is 0 Å². The maximum absolute atomic E-state index is 5.56. The minimum Gasteiger partial charge on any atom is -0.497 e. The second-order valence-corrected chi connectivity index (χ2v) is 4.25. The molecule has 2 heteroatoms. The Morgan fingerprint density at radius 2 is 1.42 bits per heavy atom. The fourth-order valence-electron chi connectivity index (χ4n) is 2.05. The first-order valence-electron chi connectivity index (χ1n) is 6.21. The maximum atomic E-state index is 5.56. The summed E-state index contributed by atoms with van der Waals surface area (Å²) in [5.74, 6) is 1.73. The Morgan fingerprint density at radius 1 is 0.789 bits per heavy atom. The Morgan fingerprint density at radius 3 is 1.95 bits per heavy atom. The van der Waals surface area contributed by atoms with E-state index in [1.807, 2.05) is 42.5 Å². The summed E-state index contributed by atoms with van der Waals surface area (Å²) in [4.78, 5) is 0. The van der Waals surface area contributed by atoms with Crippen LogP contribution in [0.1, 0.15) is 18.1 Å². The van der Waals surface area contributed by atoms with Gasteiger partial charge in [0.25, 0.3) is 0 Å². The Bertz CT molecular complexity index is 554. The predicted molar refractivity (Wildman–Crippen MR) is 78.9 cm³/mol. The number of hydrogen-bond acceptors (Lipinski definition) is 2. The largest absolute Gasteiger partial charge is 0.497 e. The molecule has 0 saturated heterocycles. The maximum Gasteiger partial charge on any atom is 0.129 e. The van der Waals surface area contributed by atoms with Crippen molar-refractivity contribution < 1.29 is 9.47 Å². The molecule has 0 saturated carbocycles. The summed E-state index contributed by atoms with van der Waals surface area (Å²) in [6.45, 7) is 2.07. The SMILES string of the molecule is CO/C(=C(\C)c1ccccc1)c1ccc(OC)cc1. The fraction of sp³-hybridized carbons (Fsp3) is 0.176. The van der Waals surface area contributed by atoms with Crippen LogP contribution in [0.2, 0.25) is 0 Å². The van der Waals surface area contributed by atoms with E-state index < -0.39 is 0 Å². The van der Waals surface area contributed by atoms with Crippen LogP contribution in [0, 0.1) is 0 Å². The van der Waals surface area contributed by atoms with Crippen LogP contribution in [0.25, 0.3) is 11.3 Å². The van der Waals surface area contributed by atoms with Crippen molar-refractivity contribution in [3.05, 3.63) is 65.7 Å². The van der Waals surface area contributed by atoms with E-state index in [9.17, 15) is 0 Å². The second kappa shape index (κ2) is 6.10. The van der Waals surface area contributed by atoms with Crippen molar-refractivity contribution in [2.75, 3.05) is 14.2 Å². The van der Waals surface area contributed by atoms with Crippen molar-refractivity contribution >= 4 is 11.3 Å². The Balaban J connectivity index is 2.43. The predicted octanol–water partition coefficient (Wildman–Crippen LogP) is 4.23. The number of allylic oxidation sites excluding steroid dienone is 1. The van der Waals surface area contributed by atoms with Crippen molar-refractivity contribution in [1.82, 2.24) is 0 Å². The van der Waals surface area contributed by atoms with Gasteiger partial charge in [0, 0.05) is 5.56 Å². The molecule has 0 bridgehead atoms. The molecule has 0 unspecified atom stereocenters. The highest BCUT2D eigenvalue weighted by Gasteiger charge is 2.08. The third-order valence-corrected chi connectivity index (χ3v) is 3.10. The quantitative estimate of drug-likeness (QED) is 0.600. The number of rotatable bonds is 4. The molecule has 2 aromatic carbocycles. The first-order chi connectivity index (χ1) is 9.26. The van der Waals surface area contributed by atoms with Gasteiger partial charge in [0.05, 0.1) is 14.2 Å². The molecule has 0 radical (unpaired) electrons. The summed E-state index contributed by atoms with van der Waals surface area (Å²) in [5.41, 5.74) is 3.33. The molecule has 0 aliphatic heterocycles. The highest BCUT2D eigenvalue weighted by Crippen LogP contribution is 2.27. The molecule has 0 amide bonds. The smallest absolute Gasteiger partial charge is 0.129 e.